The van der Waals surface area contributed by atoms with Gasteiger partial charge in [-0.2, -0.15) is 0 Å². The second-order valence-electron chi connectivity index (χ2n) is 6.99. The molecule has 2 fully saturated rings. The Morgan fingerprint density at radius 3 is 2.66 bits per heavy atom. The molecule has 3 amide bonds. The van der Waals surface area contributed by atoms with Gasteiger partial charge in [-0.1, -0.05) is 22.0 Å². The van der Waals surface area contributed by atoms with Gasteiger partial charge in [-0.15, -0.1) is 0 Å². The lowest BCUT2D eigenvalue weighted by molar-refractivity contribution is -0.136. The van der Waals surface area contributed by atoms with Crippen molar-refractivity contribution < 1.29 is 14.4 Å². The van der Waals surface area contributed by atoms with Crippen molar-refractivity contribution in [2.75, 3.05) is 19.6 Å². The molecule has 6 nitrogen and oxygen atoms in total. The van der Waals surface area contributed by atoms with Crippen LogP contribution in [-0.4, -0.2) is 51.1 Å². The van der Waals surface area contributed by atoms with Crippen LogP contribution in [-0.2, 0) is 9.59 Å². The van der Waals surface area contributed by atoms with Gasteiger partial charge in [0.25, 0.3) is 11.1 Å². The summed E-state index contributed by atoms with van der Waals surface area (Å²) in [6.07, 6.45) is 6.67. The van der Waals surface area contributed by atoms with Crippen LogP contribution in [0.2, 0.25) is 0 Å². The molecule has 2 aromatic rings. The van der Waals surface area contributed by atoms with Crippen LogP contribution in [0.4, 0.5) is 4.79 Å². The van der Waals surface area contributed by atoms with E-state index in [2.05, 4.69) is 15.9 Å². The largest absolute Gasteiger partial charge is 0.341 e. The van der Waals surface area contributed by atoms with Gasteiger partial charge in [-0.25, -0.2) is 0 Å². The van der Waals surface area contributed by atoms with Crippen LogP contribution < -0.4 is 0 Å². The number of hydrogen-bond acceptors (Lipinski definition) is 4. The first-order valence-corrected chi connectivity index (χ1v) is 11.1. The van der Waals surface area contributed by atoms with Crippen molar-refractivity contribution in [2.24, 2.45) is 0 Å². The van der Waals surface area contributed by atoms with Crippen LogP contribution in [0.25, 0.3) is 11.8 Å². The van der Waals surface area contributed by atoms with E-state index in [4.69, 9.17) is 0 Å². The Labute approximate surface area is 181 Å². The van der Waals surface area contributed by atoms with E-state index < -0.39 is 11.1 Å². The van der Waals surface area contributed by atoms with Crippen molar-refractivity contribution in [3.63, 3.8) is 0 Å². The Balaban J connectivity index is 1.53. The number of likely N-dealkylation sites (tertiary alicyclic amines) is 1. The van der Waals surface area contributed by atoms with Crippen LogP contribution in [0.1, 0.15) is 25.0 Å². The van der Waals surface area contributed by atoms with Crippen molar-refractivity contribution in [1.29, 1.82) is 0 Å². The third-order valence-electron chi connectivity index (χ3n) is 5.02. The molecule has 0 bridgehead atoms. The summed E-state index contributed by atoms with van der Waals surface area (Å²) < 4.78 is 2.89. The van der Waals surface area contributed by atoms with E-state index in [-0.39, 0.29) is 12.5 Å². The number of rotatable bonds is 4. The lowest BCUT2D eigenvalue weighted by Crippen LogP contribution is -2.44. The molecule has 0 N–H and O–H groups in total. The van der Waals surface area contributed by atoms with E-state index in [1.807, 2.05) is 47.2 Å². The molecule has 2 aliphatic heterocycles. The number of carbonyl (C=O) groups excluding carboxylic acids is 3. The highest BCUT2D eigenvalue weighted by Gasteiger charge is 2.37. The van der Waals surface area contributed by atoms with Gasteiger partial charge >= 0.3 is 0 Å². The summed E-state index contributed by atoms with van der Waals surface area (Å²) in [5.74, 6) is -0.571. The van der Waals surface area contributed by atoms with Crippen molar-refractivity contribution in [1.82, 2.24) is 14.4 Å². The maximum atomic E-state index is 12.8. The van der Waals surface area contributed by atoms with Gasteiger partial charge in [0.15, 0.2) is 0 Å². The number of aromatic nitrogens is 1. The summed E-state index contributed by atoms with van der Waals surface area (Å²) >= 11 is 4.35. The Morgan fingerprint density at radius 1 is 1.10 bits per heavy atom. The topological polar surface area (TPSA) is 62.6 Å². The maximum Gasteiger partial charge on any atom is 0.294 e. The molecular weight excluding hydrogens is 454 g/mol. The monoisotopic (exact) mass is 473 g/mol. The lowest BCUT2D eigenvalue weighted by Gasteiger charge is -2.27. The van der Waals surface area contributed by atoms with E-state index in [9.17, 15) is 14.4 Å². The van der Waals surface area contributed by atoms with E-state index in [0.29, 0.717) is 18.0 Å². The number of imide groups is 1. The predicted octanol–water partition coefficient (Wildman–Crippen LogP) is 4.29. The third kappa shape index (κ3) is 4.33. The summed E-state index contributed by atoms with van der Waals surface area (Å²) in [7, 11) is 0. The first-order chi connectivity index (χ1) is 14.0. The minimum atomic E-state index is -0.410. The zero-order valence-electron chi connectivity index (χ0n) is 15.7. The molecule has 0 aliphatic carbocycles. The third-order valence-corrected chi connectivity index (χ3v) is 6.42. The molecule has 0 atom stereocenters. The van der Waals surface area contributed by atoms with Gasteiger partial charge in [0.1, 0.15) is 6.54 Å². The number of carbonyl (C=O) groups is 3. The fraction of sp³-hybridized carbons (Fsp3) is 0.286. The second-order valence-corrected chi connectivity index (χ2v) is 8.90. The van der Waals surface area contributed by atoms with Crippen molar-refractivity contribution >= 4 is 50.8 Å². The Hall–Kier alpha value is -2.32. The van der Waals surface area contributed by atoms with Gasteiger partial charge in [0.2, 0.25) is 5.91 Å². The first kappa shape index (κ1) is 20.0. The quantitative estimate of drug-likeness (QED) is 0.621. The van der Waals surface area contributed by atoms with E-state index >= 15 is 0 Å². The average Bonchev–Trinajstić information content (AvgIpc) is 3.29. The van der Waals surface area contributed by atoms with Gasteiger partial charge in [0.05, 0.1) is 4.91 Å². The standard InChI is InChI=1S/C21H20BrN3O3S/c22-15-6-4-7-16(12-15)24-11-5-8-17(24)13-18-20(27)25(21(28)29-18)14-19(26)23-9-2-1-3-10-23/h4-8,11-13H,1-3,9-10,14H2. The number of hydrogen-bond donors (Lipinski definition) is 0. The molecule has 8 heteroatoms. The number of benzene rings is 1. The molecule has 2 aliphatic rings. The fourth-order valence-electron chi connectivity index (χ4n) is 3.52. The zero-order chi connectivity index (χ0) is 20.4. The SMILES string of the molecule is O=C(CN1C(=O)SC(=Cc2cccn2-c2cccc(Br)c2)C1=O)N1CCCCC1. The molecule has 3 heterocycles. The van der Waals surface area contributed by atoms with Gasteiger partial charge in [-0.3, -0.25) is 19.3 Å². The second kappa shape index (κ2) is 8.59. The van der Waals surface area contributed by atoms with Crippen molar-refractivity contribution in [3.05, 3.63) is 57.7 Å². The van der Waals surface area contributed by atoms with Crippen LogP contribution >= 0.6 is 27.7 Å². The predicted molar refractivity (Wildman–Crippen MR) is 117 cm³/mol. The lowest BCUT2D eigenvalue weighted by atomic mass is 10.1. The Morgan fingerprint density at radius 2 is 1.90 bits per heavy atom. The smallest absolute Gasteiger partial charge is 0.294 e. The molecule has 0 spiro atoms. The minimum absolute atomic E-state index is 0.161. The van der Waals surface area contributed by atoms with Crippen molar-refractivity contribution in [2.45, 2.75) is 19.3 Å². The highest BCUT2D eigenvalue weighted by atomic mass is 79.9. The molecule has 1 aromatic carbocycles. The van der Waals surface area contributed by atoms with E-state index in [1.165, 1.54) is 0 Å². The van der Waals surface area contributed by atoms with Gasteiger partial charge < -0.3 is 9.47 Å². The molecule has 0 unspecified atom stereocenters. The van der Waals surface area contributed by atoms with Crippen LogP contribution in [0, 0.1) is 0 Å². The maximum absolute atomic E-state index is 12.8. The van der Waals surface area contributed by atoms with Crippen molar-refractivity contribution in [3.8, 4) is 5.69 Å². The van der Waals surface area contributed by atoms with Gasteiger partial charge in [0, 0.05) is 35.1 Å². The van der Waals surface area contributed by atoms with Gasteiger partial charge in [-0.05, 0) is 67.4 Å². The number of amides is 3. The van der Waals surface area contributed by atoms with Crippen LogP contribution in [0.5, 0.6) is 0 Å². The molecule has 150 valence electrons. The molecule has 29 heavy (non-hydrogen) atoms. The highest BCUT2D eigenvalue weighted by Crippen LogP contribution is 2.33. The number of thioether (sulfide) groups is 1. The normalized spacial score (nSPS) is 18.7. The Kier molecular flexibility index (Phi) is 5.91. The summed E-state index contributed by atoms with van der Waals surface area (Å²) in [5.41, 5.74) is 1.73. The average molecular weight is 474 g/mol. The highest BCUT2D eigenvalue weighted by molar-refractivity contribution is 9.10. The molecule has 4 rings (SSSR count). The molecule has 2 saturated heterocycles. The summed E-state index contributed by atoms with van der Waals surface area (Å²) in [6, 6.07) is 11.6. The molecule has 0 radical (unpaired) electrons. The molecule has 0 saturated carbocycles. The fourth-order valence-corrected chi connectivity index (χ4v) is 4.73. The summed E-state index contributed by atoms with van der Waals surface area (Å²) in [6.45, 7) is 1.21. The zero-order valence-corrected chi connectivity index (χ0v) is 18.1. The summed E-state index contributed by atoms with van der Waals surface area (Å²) in [4.78, 5) is 40.8. The molecular formula is C21H20BrN3O3S. The first-order valence-electron chi connectivity index (χ1n) is 9.49. The van der Waals surface area contributed by atoms with Crippen LogP contribution in [0.3, 0.4) is 0 Å². The molecule has 1 aromatic heterocycles. The number of halogens is 1. The summed E-state index contributed by atoms with van der Waals surface area (Å²) in [5, 5.41) is -0.396. The number of piperidine rings is 1. The number of nitrogens with zero attached hydrogens (tertiary/aromatic N) is 3. The van der Waals surface area contributed by atoms with E-state index in [0.717, 1.165) is 51.8 Å². The van der Waals surface area contributed by atoms with E-state index in [1.54, 1.807) is 11.0 Å². The van der Waals surface area contributed by atoms with Crippen LogP contribution in [0.15, 0.2) is 52.0 Å². The Bertz CT molecular complexity index is 995. The minimum Gasteiger partial charge on any atom is -0.341 e.